The van der Waals surface area contributed by atoms with Gasteiger partial charge in [-0.15, -0.1) is 11.3 Å². The molecule has 2 aromatic rings. The van der Waals surface area contributed by atoms with Gasteiger partial charge in [0.2, 0.25) is 5.91 Å². The van der Waals surface area contributed by atoms with Gasteiger partial charge in [0.1, 0.15) is 0 Å². The van der Waals surface area contributed by atoms with Crippen molar-refractivity contribution in [3.63, 3.8) is 0 Å². The third-order valence-electron chi connectivity index (χ3n) is 3.66. The lowest BCUT2D eigenvalue weighted by molar-refractivity contribution is -0.117. The monoisotopic (exact) mass is 335 g/mol. The van der Waals surface area contributed by atoms with Crippen LogP contribution in [0.2, 0.25) is 5.02 Å². The second kappa shape index (κ2) is 7.22. The van der Waals surface area contributed by atoms with Crippen molar-refractivity contribution in [2.24, 2.45) is 0 Å². The van der Waals surface area contributed by atoms with Crippen LogP contribution in [-0.4, -0.2) is 35.4 Å². The first-order valence-electron chi connectivity index (χ1n) is 7.40. The van der Waals surface area contributed by atoms with Crippen LogP contribution in [0.4, 0.5) is 5.13 Å². The number of benzene rings is 1. The van der Waals surface area contributed by atoms with Crippen molar-refractivity contribution in [3.05, 3.63) is 45.9 Å². The highest BCUT2D eigenvalue weighted by Crippen LogP contribution is 2.22. The Kier molecular flexibility index (Phi) is 5.08. The predicted octanol–water partition coefficient (Wildman–Crippen LogP) is 3.42. The molecule has 0 atom stereocenters. The molecular weight excluding hydrogens is 318 g/mol. The number of carbonyl (C=O) groups excluding carboxylic acids is 1. The Morgan fingerprint density at radius 3 is 2.73 bits per heavy atom. The van der Waals surface area contributed by atoms with Crippen molar-refractivity contribution >= 4 is 34.0 Å². The highest BCUT2D eigenvalue weighted by Gasteiger charge is 2.15. The van der Waals surface area contributed by atoms with Crippen molar-refractivity contribution in [1.29, 1.82) is 0 Å². The molecule has 0 unspecified atom stereocenters. The summed E-state index contributed by atoms with van der Waals surface area (Å²) in [5.74, 6) is 0.0225. The molecule has 116 valence electrons. The van der Waals surface area contributed by atoms with E-state index in [1.807, 2.05) is 30.5 Å². The number of nitrogens with zero attached hydrogens (tertiary/aromatic N) is 2. The van der Waals surface area contributed by atoms with E-state index in [4.69, 9.17) is 11.6 Å². The Morgan fingerprint density at radius 1 is 1.27 bits per heavy atom. The maximum absolute atomic E-state index is 12.0. The quantitative estimate of drug-likeness (QED) is 0.910. The van der Waals surface area contributed by atoms with Crippen LogP contribution in [-0.2, 0) is 11.2 Å². The van der Waals surface area contributed by atoms with E-state index >= 15 is 0 Å². The average molecular weight is 336 g/mol. The Hall–Kier alpha value is -1.43. The average Bonchev–Trinajstić information content (AvgIpc) is 3.14. The standard InChI is InChI=1S/C16H18ClN3OS/c17-13-5-3-12(4-6-13)9-14-10-18-16(22-14)19-15(21)11-20-7-1-2-8-20/h3-6,10H,1-2,7-9,11H2,(H,18,19,21). The maximum Gasteiger partial charge on any atom is 0.240 e. The second-order valence-corrected chi connectivity index (χ2v) is 7.02. The first kappa shape index (κ1) is 15.5. The number of nitrogens with one attached hydrogen (secondary N) is 1. The minimum absolute atomic E-state index is 0.0225. The van der Waals surface area contributed by atoms with Gasteiger partial charge in [0.25, 0.3) is 0 Å². The molecule has 1 aromatic carbocycles. The summed E-state index contributed by atoms with van der Waals surface area (Å²) < 4.78 is 0. The Bertz CT molecular complexity index is 635. The van der Waals surface area contributed by atoms with Gasteiger partial charge >= 0.3 is 0 Å². The fourth-order valence-corrected chi connectivity index (χ4v) is 3.54. The molecule has 3 rings (SSSR count). The van der Waals surface area contributed by atoms with E-state index in [-0.39, 0.29) is 5.91 Å². The highest BCUT2D eigenvalue weighted by atomic mass is 35.5. The van der Waals surface area contributed by atoms with Crippen LogP contribution in [0.25, 0.3) is 0 Å². The molecule has 0 bridgehead atoms. The van der Waals surface area contributed by atoms with Crippen LogP contribution in [0.15, 0.2) is 30.5 Å². The van der Waals surface area contributed by atoms with E-state index in [0.29, 0.717) is 11.7 Å². The van der Waals surface area contributed by atoms with Crippen molar-refractivity contribution in [1.82, 2.24) is 9.88 Å². The molecule has 0 spiro atoms. The van der Waals surface area contributed by atoms with Crippen LogP contribution in [0.3, 0.4) is 0 Å². The number of halogens is 1. The van der Waals surface area contributed by atoms with Crippen LogP contribution in [0.1, 0.15) is 23.3 Å². The van der Waals surface area contributed by atoms with Crippen LogP contribution in [0.5, 0.6) is 0 Å². The van der Waals surface area contributed by atoms with Crippen molar-refractivity contribution in [2.75, 3.05) is 25.0 Å². The molecule has 0 radical (unpaired) electrons. The van der Waals surface area contributed by atoms with Gasteiger partial charge < -0.3 is 5.32 Å². The number of anilines is 1. The number of carbonyl (C=O) groups is 1. The van der Waals surface area contributed by atoms with Crippen molar-refractivity contribution < 1.29 is 4.79 Å². The topological polar surface area (TPSA) is 45.2 Å². The summed E-state index contributed by atoms with van der Waals surface area (Å²) in [6.45, 7) is 2.51. The number of amides is 1. The molecule has 22 heavy (non-hydrogen) atoms. The Morgan fingerprint density at radius 2 is 2.00 bits per heavy atom. The summed E-state index contributed by atoms with van der Waals surface area (Å²) in [5, 5.41) is 4.30. The van der Waals surface area contributed by atoms with E-state index < -0.39 is 0 Å². The minimum Gasteiger partial charge on any atom is -0.301 e. The number of thiazole rings is 1. The number of hydrogen-bond donors (Lipinski definition) is 1. The first-order chi connectivity index (χ1) is 10.7. The van der Waals surface area contributed by atoms with Crippen LogP contribution in [0, 0.1) is 0 Å². The lowest BCUT2D eigenvalue weighted by atomic mass is 10.1. The molecule has 1 aliphatic rings. The van der Waals surface area contributed by atoms with Gasteiger partial charge in [-0.3, -0.25) is 9.69 Å². The van der Waals surface area contributed by atoms with Gasteiger partial charge in [0, 0.05) is 22.5 Å². The molecule has 1 saturated heterocycles. The summed E-state index contributed by atoms with van der Waals surface area (Å²) >= 11 is 7.41. The smallest absolute Gasteiger partial charge is 0.240 e. The maximum atomic E-state index is 12.0. The molecular formula is C16H18ClN3OS. The molecule has 1 fully saturated rings. The molecule has 1 amide bonds. The minimum atomic E-state index is 0.0225. The highest BCUT2D eigenvalue weighted by molar-refractivity contribution is 7.15. The predicted molar refractivity (Wildman–Crippen MR) is 90.7 cm³/mol. The molecule has 0 aliphatic carbocycles. The van der Waals surface area contributed by atoms with Crippen LogP contribution < -0.4 is 5.32 Å². The van der Waals surface area contributed by atoms with Crippen molar-refractivity contribution in [3.8, 4) is 0 Å². The summed E-state index contributed by atoms with van der Waals surface area (Å²) in [6.07, 6.45) is 5.01. The molecule has 0 saturated carbocycles. The van der Waals surface area contributed by atoms with E-state index in [9.17, 15) is 4.79 Å². The van der Waals surface area contributed by atoms with Gasteiger partial charge in [-0.2, -0.15) is 0 Å². The van der Waals surface area contributed by atoms with E-state index in [1.54, 1.807) is 0 Å². The Labute approximate surface area is 139 Å². The Balaban J connectivity index is 1.54. The summed E-state index contributed by atoms with van der Waals surface area (Å²) in [6, 6.07) is 7.79. The van der Waals surface area contributed by atoms with E-state index in [1.165, 1.54) is 29.7 Å². The molecule has 4 nitrogen and oxygen atoms in total. The molecule has 1 aliphatic heterocycles. The van der Waals surface area contributed by atoms with Gasteiger partial charge in [-0.25, -0.2) is 4.98 Å². The summed E-state index contributed by atoms with van der Waals surface area (Å²) in [4.78, 5) is 19.6. The third-order valence-corrected chi connectivity index (χ3v) is 4.82. The second-order valence-electron chi connectivity index (χ2n) is 5.47. The molecule has 6 heteroatoms. The fraction of sp³-hybridized carbons (Fsp3) is 0.375. The fourth-order valence-electron chi connectivity index (χ4n) is 2.55. The first-order valence-corrected chi connectivity index (χ1v) is 8.60. The van der Waals surface area contributed by atoms with Gasteiger partial charge in [-0.05, 0) is 43.6 Å². The number of aromatic nitrogens is 1. The summed E-state index contributed by atoms with van der Waals surface area (Å²) in [5.41, 5.74) is 1.18. The lowest BCUT2D eigenvalue weighted by Gasteiger charge is -2.12. The molecule has 1 N–H and O–H groups in total. The zero-order valence-electron chi connectivity index (χ0n) is 12.2. The van der Waals surface area contributed by atoms with Gasteiger partial charge in [0.05, 0.1) is 6.54 Å². The van der Waals surface area contributed by atoms with E-state index in [0.717, 1.165) is 29.4 Å². The van der Waals surface area contributed by atoms with Crippen LogP contribution >= 0.6 is 22.9 Å². The molecule has 2 heterocycles. The zero-order chi connectivity index (χ0) is 15.4. The normalized spacial score (nSPS) is 15.1. The summed E-state index contributed by atoms with van der Waals surface area (Å²) in [7, 11) is 0. The number of rotatable bonds is 5. The SMILES string of the molecule is O=C(CN1CCCC1)Nc1ncc(Cc2ccc(Cl)cc2)s1. The van der Waals surface area contributed by atoms with Crippen molar-refractivity contribution in [2.45, 2.75) is 19.3 Å². The van der Waals surface area contributed by atoms with Gasteiger partial charge in [0.15, 0.2) is 5.13 Å². The third kappa shape index (κ3) is 4.29. The lowest BCUT2D eigenvalue weighted by Crippen LogP contribution is -2.30. The molecule has 1 aromatic heterocycles. The van der Waals surface area contributed by atoms with Gasteiger partial charge in [-0.1, -0.05) is 23.7 Å². The number of likely N-dealkylation sites (tertiary alicyclic amines) is 1. The number of hydrogen-bond acceptors (Lipinski definition) is 4. The van der Waals surface area contributed by atoms with E-state index in [2.05, 4.69) is 15.2 Å². The zero-order valence-corrected chi connectivity index (χ0v) is 13.8. The largest absolute Gasteiger partial charge is 0.301 e.